The number of hydrogen-bond acceptors (Lipinski definition) is 3. The second-order valence-corrected chi connectivity index (χ2v) is 3.79. The van der Waals surface area contributed by atoms with E-state index in [1.54, 1.807) is 6.92 Å². The molecule has 7 nitrogen and oxygen atoms in total. The van der Waals surface area contributed by atoms with Crippen LogP contribution < -0.4 is 9.44 Å². The molecular weight excluding hydrogens is 194 g/mol. The van der Waals surface area contributed by atoms with Crippen LogP contribution >= 0.6 is 0 Å². The lowest BCUT2D eigenvalue weighted by atomic mass is 10.4. The molecule has 0 aromatic heterocycles. The summed E-state index contributed by atoms with van der Waals surface area (Å²) in [6.07, 6.45) is 0.495. The summed E-state index contributed by atoms with van der Waals surface area (Å²) in [5.41, 5.74) is 7.92. The molecule has 0 amide bonds. The number of nitrogens with zero attached hydrogens (tertiary/aromatic N) is 3. The van der Waals surface area contributed by atoms with Gasteiger partial charge in [0, 0.05) is 24.5 Å². The van der Waals surface area contributed by atoms with Crippen LogP contribution in [0.1, 0.15) is 13.3 Å². The average molecular weight is 207 g/mol. The lowest BCUT2D eigenvalue weighted by Crippen LogP contribution is -2.36. The molecule has 0 atom stereocenters. The van der Waals surface area contributed by atoms with Crippen LogP contribution in [0, 0.1) is 0 Å². The molecule has 0 aromatic carbocycles. The maximum Gasteiger partial charge on any atom is 0.276 e. The van der Waals surface area contributed by atoms with Gasteiger partial charge in [-0.05, 0) is 12.0 Å². The lowest BCUT2D eigenvalue weighted by Gasteiger charge is -2.04. The maximum atomic E-state index is 10.9. The monoisotopic (exact) mass is 207 g/mol. The molecule has 0 heterocycles. The van der Waals surface area contributed by atoms with E-state index in [2.05, 4.69) is 19.5 Å². The molecule has 76 valence electrons. The van der Waals surface area contributed by atoms with Gasteiger partial charge in [0.15, 0.2) is 0 Å². The normalized spacial score (nSPS) is 10.8. The first-order chi connectivity index (χ1) is 6.12. The van der Waals surface area contributed by atoms with Crippen LogP contribution in [-0.4, -0.2) is 28.1 Å². The van der Waals surface area contributed by atoms with Crippen molar-refractivity contribution in [2.75, 3.05) is 19.6 Å². The lowest BCUT2D eigenvalue weighted by molar-refractivity contribution is 0.567. The molecule has 0 radical (unpaired) electrons. The molecule has 0 rings (SSSR count). The summed E-state index contributed by atoms with van der Waals surface area (Å²) >= 11 is 0. The smallest absolute Gasteiger partial charge is 0.203 e. The first kappa shape index (κ1) is 12.2. The Bertz CT molecular complexity index is 269. The zero-order valence-electron chi connectivity index (χ0n) is 7.39. The van der Waals surface area contributed by atoms with E-state index in [1.165, 1.54) is 0 Å². The van der Waals surface area contributed by atoms with Crippen molar-refractivity contribution >= 4 is 10.2 Å². The van der Waals surface area contributed by atoms with Gasteiger partial charge < -0.3 is 0 Å². The molecule has 0 aliphatic rings. The number of hydrogen-bond donors (Lipinski definition) is 2. The number of azide groups is 1. The Morgan fingerprint density at radius 2 is 2.15 bits per heavy atom. The summed E-state index contributed by atoms with van der Waals surface area (Å²) in [5.74, 6) is 0. The third-order valence-electron chi connectivity index (χ3n) is 1.12. The second kappa shape index (κ2) is 6.67. The predicted molar refractivity (Wildman–Crippen MR) is 49.2 cm³/mol. The van der Waals surface area contributed by atoms with Crippen molar-refractivity contribution in [3.8, 4) is 0 Å². The fourth-order valence-electron chi connectivity index (χ4n) is 0.642. The molecule has 13 heavy (non-hydrogen) atoms. The summed E-state index contributed by atoms with van der Waals surface area (Å²) in [5, 5.41) is 3.26. The van der Waals surface area contributed by atoms with E-state index in [4.69, 9.17) is 5.53 Å². The second-order valence-electron chi connectivity index (χ2n) is 2.20. The molecular formula is C5H13N5O2S. The number of nitrogens with one attached hydrogen (secondary N) is 2. The van der Waals surface area contributed by atoms with Crippen molar-refractivity contribution in [1.29, 1.82) is 0 Å². The van der Waals surface area contributed by atoms with E-state index in [0.29, 0.717) is 19.5 Å². The molecule has 0 fully saturated rings. The summed E-state index contributed by atoms with van der Waals surface area (Å²) in [7, 11) is -3.35. The quantitative estimate of drug-likeness (QED) is 0.268. The summed E-state index contributed by atoms with van der Waals surface area (Å²) < 4.78 is 26.4. The maximum absolute atomic E-state index is 10.9. The van der Waals surface area contributed by atoms with Gasteiger partial charge in [0.05, 0.1) is 0 Å². The topological polar surface area (TPSA) is 107 Å². The molecule has 8 heteroatoms. The van der Waals surface area contributed by atoms with Crippen LogP contribution in [0.15, 0.2) is 5.11 Å². The summed E-state index contributed by atoms with van der Waals surface area (Å²) in [4.78, 5) is 2.54. The Morgan fingerprint density at radius 3 is 2.69 bits per heavy atom. The SMILES string of the molecule is CCNS(=O)(=O)NCCCN=[N+]=[N-]. The Kier molecular flexibility index (Phi) is 6.25. The van der Waals surface area contributed by atoms with Gasteiger partial charge in [0.1, 0.15) is 0 Å². The summed E-state index contributed by atoms with van der Waals surface area (Å²) in [6.45, 7) is 2.62. The van der Waals surface area contributed by atoms with Crippen LogP contribution in [0.2, 0.25) is 0 Å². The molecule has 0 saturated carbocycles. The van der Waals surface area contributed by atoms with E-state index < -0.39 is 10.2 Å². The molecule has 0 spiro atoms. The van der Waals surface area contributed by atoms with Crippen LogP contribution in [0.25, 0.3) is 10.4 Å². The van der Waals surface area contributed by atoms with Crippen molar-refractivity contribution in [3.63, 3.8) is 0 Å². The van der Waals surface area contributed by atoms with Crippen molar-refractivity contribution in [1.82, 2.24) is 9.44 Å². The largest absolute Gasteiger partial charge is 0.276 e. The van der Waals surface area contributed by atoms with Gasteiger partial charge in [-0.1, -0.05) is 12.0 Å². The van der Waals surface area contributed by atoms with Gasteiger partial charge in [-0.25, -0.2) is 9.44 Å². The van der Waals surface area contributed by atoms with Crippen molar-refractivity contribution < 1.29 is 8.42 Å². The van der Waals surface area contributed by atoms with Crippen LogP contribution in [-0.2, 0) is 10.2 Å². The molecule has 0 aromatic rings. The van der Waals surface area contributed by atoms with Crippen molar-refractivity contribution in [3.05, 3.63) is 10.4 Å². The van der Waals surface area contributed by atoms with E-state index in [9.17, 15) is 8.42 Å². The fourth-order valence-corrected chi connectivity index (χ4v) is 1.54. The summed E-state index contributed by atoms with van der Waals surface area (Å²) in [6, 6.07) is 0. The minimum absolute atomic E-state index is 0.272. The fraction of sp³-hybridized carbons (Fsp3) is 1.00. The van der Waals surface area contributed by atoms with Crippen LogP contribution in [0.5, 0.6) is 0 Å². The van der Waals surface area contributed by atoms with Gasteiger partial charge in [0.25, 0.3) is 10.2 Å². The van der Waals surface area contributed by atoms with Crippen LogP contribution in [0.3, 0.4) is 0 Å². The zero-order valence-corrected chi connectivity index (χ0v) is 8.21. The highest BCUT2D eigenvalue weighted by Crippen LogP contribution is 1.82. The molecule has 0 saturated heterocycles. The highest BCUT2D eigenvalue weighted by Gasteiger charge is 2.04. The standard InChI is InChI=1S/C5H13N5O2S/c1-2-8-13(11,12)9-5-3-4-7-10-6/h8-9H,2-5H2,1H3. The van der Waals surface area contributed by atoms with Gasteiger partial charge in [-0.2, -0.15) is 8.42 Å². The third-order valence-corrected chi connectivity index (χ3v) is 2.38. The van der Waals surface area contributed by atoms with E-state index >= 15 is 0 Å². The predicted octanol–water partition coefficient (Wildman–Crippen LogP) is 0.131. The van der Waals surface area contributed by atoms with Crippen molar-refractivity contribution in [2.24, 2.45) is 5.11 Å². The minimum atomic E-state index is -3.35. The molecule has 2 N–H and O–H groups in total. The Hall–Kier alpha value is -0.820. The van der Waals surface area contributed by atoms with Gasteiger partial charge in [-0.15, -0.1) is 0 Å². The highest BCUT2D eigenvalue weighted by molar-refractivity contribution is 7.87. The van der Waals surface area contributed by atoms with E-state index in [0.717, 1.165) is 0 Å². The Morgan fingerprint density at radius 1 is 1.46 bits per heavy atom. The van der Waals surface area contributed by atoms with E-state index in [-0.39, 0.29) is 6.54 Å². The van der Waals surface area contributed by atoms with E-state index in [1.807, 2.05) is 0 Å². The Balaban J connectivity index is 3.58. The molecule has 0 aliphatic heterocycles. The molecule has 0 unspecified atom stereocenters. The first-order valence-electron chi connectivity index (χ1n) is 3.87. The first-order valence-corrected chi connectivity index (χ1v) is 5.36. The third kappa shape index (κ3) is 7.54. The average Bonchev–Trinajstić information content (AvgIpc) is 2.04. The minimum Gasteiger partial charge on any atom is -0.203 e. The molecule has 0 bridgehead atoms. The van der Waals surface area contributed by atoms with Gasteiger partial charge >= 0.3 is 0 Å². The molecule has 0 aliphatic carbocycles. The highest BCUT2D eigenvalue weighted by atomic mass is 32.2. The Labute approximate surface area is 77.3 Å². The van der Waals surface area contributed by atoms with Crippen LogP contribution in [0.4, 0.5) is 0 Å². The van der Waals surface area contributed by atoms with Gasteiger partial charge in [-0.3, -0.25) is 0 Å². The van der Waals surface area contributed by atoms with Gasteiger partial charge in [0.2, 0.25) is 0 Å². The number of rotatable bonds is 7. The zero-order chi connectivity index (χ0) is 10.2. The van der Waals surface area contributed by atoms with Crippen molar-refractivity contribution in [2.45, 2.75) is 13.3 Å².